The van der Waals surface area contributed by atoms with Crippen LogP contribution in [0.4, 0.5) is 4.79 Å². The maximum absolute atomic E-state index is 14.3. The highest BCUT2D eigenvalue weighted by Crippen LogP contribution is 2.32. The molecule has 44 heavy (non-hydrogen) atoms. The van der Waals surface area contributed by atoms with Gasteiger partial charge in [0.1, 0.15) is 35.1 Å². The van der Waals surface area contributed by atoms with Crippen molar-refractivity contribution in [2.45, 2.75) is 104 Å². The predicted octanol–water partition coefficient (Wildman–Crippen LogP) is 4.02. The number of carbonyl (C=O) groups is 4. The van der Waals surface area contributed by atoms with Crippen molar-refractivity contribution in [2.24, 2.45) is 0 Å². The number of amides is 3. The van der Waals surface area contributed by atoms with Gasteiger partial charge in [0.05, 0.1) is 6.61 Å². The van der Waals surface area contributed by atoms with Crippen LogP contribution in [0.1, 0.15) is 79.0 Å². The Bertz CT molecular complexity index is 1270. The van der Waals surface area contributed by atoms with Crippen LogP contribution < -0.4 is 10.6 Å². The summed E-state index contributed by atoms with van der Waals surface area (Å²) in [5.74, 6) is -2.48. The van der Waals surface area contributed by atoms with E-state index in [0.29, 0.717) is 6.42 Å². The second kappa shape index (κ2) is 15.6. The van der Waals surface area contributed by atoms with Crippen molar-refractivity contribution in [1.82, 2.24) is 15.5 Å². The van der Waals surface area contributed by atoms with Crippen LogP contribution in [0.25, 0.3) is 0 Å². The summed E-state index contributed by atoms with van der Waals surface area (Å²) in [5.41, 5.74) is -0.847. The summed E-state index contributed by atoms with van der Waals surface area (Å²) in [6, 6.07) is 10.5. The highest BCUT2D eigenvalue weighted by molar-refractivity contribution is 5.94. The number of rotatable bonds is 12. The van der Waals surface area contributed by atoms with Crippen molar-refractivity contribution in [3.8, 4) is 5.75 Å². The fourth-order valence-electron chi connectivity index (χ4n) is 4.41. The first-order valence-corrected chi connectivity index (χ1v) is 14.7. The van der Waals surface area contributed by atoms with E-state index in [0.717, 1.165) is 5.56 Å². The van der Waals surface area contributed by atoms with E-state index in [2.05, 4.69) is 10.6 Å². The van der Waals surface area contributed by atoms with E-state index in [4.69, 9.17) is 9.47 Å². The van der Waals surface area contributed by atoms with Gasteiger partial charge in [0, 0.05) is 18.0 Å². The zero-order valence-corrected chi connectivity index (χ0v) is 26.9. The molecule has 4 atom stereocenters. The lowest BCUT2D eigenvalue weighted by Crippen LogP contribution is -2.58. The first-order chi connectivity index (χ1) is 20.5. The number of ether oxygens (including phenoxy) is 2. The summed E-state index contributed by atoms with van der Waals surface area (Å²) in [4.78, 5) is 55.4. The van der Waals surface area contributed by atoms with Gasteiger partial charge < -0.3 is 35.2 Å². The van der Waals surface area contributed by atoms with E-state index in [9.17, 15) is 29.4 Å². The molecule has 11 heteroatoms. The van der Waals surface area contributed by atoms with E-state index < -0.39 is 65.9 Å². The molecule has 0 radical (unpaired) electrons. The number of phenolic OH excluding ortho intramolecular Hbond substituents is 1. The summed E-state index contributed by atoms with van der Waals surface area (Å²) < 4.78 is 10.9. The molecule has 0 fully saturated rings. The Balaban J connectivity index is 2.59. The maximum Gasteiger partial charge on any atom is 0.408 e. The predicted molar refractivity (Wildman–Crippen MR) is 166 cm³/mol. The van der Waals surface area contributed by atoms with Gasteiger partial charge in [-0.05, 0) is 66.5 Å². The molecule has 2 aromatic rings. The second-order valence-corrected chi connectivity index (χ2v) is 12.6. The summed E-state index contributed by atoms with van der Waals surface area (Å²) in [7, 11) is 0. The van der Waals surface area contributed by atoms with Gasteiger partial charge in [0.2, 0.25) is 11.8 Å². The van der Waals surface area contributed by atoms with Crippen LogP contribution in [0.15, 0.2) is 54.6 Å². The van der Waals surface area contributed by atoms with E-state index in [1.165, 1.54) is 17.0 Å². The second-order valence-electron chi connectivity index (χ2n) is 12.6. The van der Waals surface area contributed by atoms with E-state index in [-0.39, 0.29) is 17.7 Å². The van der Waals surface area contributed by atoms with Crippen molar-refractivity contribution in [3.05, 3.63) is 65.7 Å². The molecule has 0 saturated heterocycles. The number of alkyl carbamates (subject to hydrolysis) is 1. The number of aromatic hydroxyl groups is 1. The summed E-state index contributed by atoms with van der Waals surface area (Å²) in [6.45, 7) is 12.8. The molecule has 0 spiro atoms. The number of carbonyl (C=O) groups excluding carboxylic acids is 4. The highest BCUT2D eigenvalue weighted by Gasteiger charge is 2.41. The molecule has 0 heterocycles. The molecule has 2 aromatic carbocycles. The van der Waals surface area contributed by atoms with Gasteiger partial charge in [-0.15, -0.1) is 0 Å². The Morgan fingerprint density at radius 1 is 0.841 bits per heavy atom. The standard InChI is InChI=1S/C33H47N3O8/c1-9-21(2)36(29(40)25(20-37)35-31(42)44-33(6,7)8)27(23-17-13-14-18-26(23)38)28(39)34-24(30(41)43-32(3,4)5)19-22-15-11-10-12-16-22/h10-18,21,24-25,27,37-38H,9,19-20H2,1-8H3,(H,34,39)(H,35,42). The fraction of sp³-hybridized carbons (Fsp3) is 0.515. The molecule has 0 aliphatic carbocycles. The molecule has 11 nitrogen and oxygen atoms in total. The Morgan fingerprint density at radius 3 is 1.93 bits per heavy atom. The Kier molecular flexibility index (Phi) is 12.8. The number of aliphatic hydroxyl groups excluding tert-OH is 1. The van der Waals surface area contributed by atoms with Crippen molar-refractivity contribution in [1.29, 1.82) is 0 Å². The number of hydrogen-bond acceptors (Lipinski definition) is 8. The molecule has 3 amide bonds. The number of benzene rings is 2. The van der Waals surface area contributed by atoms with Gasteiger partial charge in [0.15, 0.2) is 0 Å². The fourth-order valence-corrected chi connectivity index (χ4v) is 4.41. The number of hydrogen-bond donors (Lipinski definition) is 4. The molecule has 4 unspecified atom stereocenters. The third kappa shape index (κ3) is 10.9. The van der Waals surface area contributed by atoms with Crippen LogP contribution in [-0.2, 0) is 30.3 Å². The average molecular weight is 614 g/mol. The zero-order valence-electron chi connectivity index (χ0n) is 26.9. The third-order valence-corrected chi connectivity index (χ3v) is 6.54. The number of nitrogens with one attached hydrogen (secondary N) is 2. The minimum Gasteiger partial charge on any atom is -0.508 e. The Labute approximate surface area is 259 Å². The molecule has 0 aliphatic heterocycles. The van der Waals surface area contributed by atoms with Crippen LogP contribution in [0.3, 0.4) is 0 Å². The van der Waals surface area contributed by atoms with Crippen molar-refractivity contribution < 1.29 is 38.9 Å². The molecule has 0 aromatic heterocycles. The summed E-state index contributed by atoms with van der Waals surface area (Å²) in [5, 5.41) is 26.2. The largest absolute Gasteiger partial charge is 0.508 e. The lowest BCUT2D eigenvalue weighted by Gasteiger charge is -2.38. The highest BCUT2D eigenvalue weighted by atomic mass is 16.6. The van der Waals surface area contributed by atoms with Crippen LogP contribution >= 0.6 is 0 Å². The molecule has 2 rings (SSSR count). The van der Waals surface area contributed by atoms with E-state index in [1.807, 2.05) is 30.3 Å². The first-order valence-electron chi connectivity index (χ1n) is 14.7. The number of phenols is 1. The smallest absolute Gasteiger partial charge is 0.408 e. The van der Waals surface area contributed by atoms with Gasteiger partial charge in [-0.25, -0.2) is 9.59 Å². The lowest BCUT2D eigenvalue weighted by molar-refractivity contribution is -0.159. The Hall–Kier alpha value is -4.12. The van der Waals surface area contributed by atoms with Crippen LogP contribution in [-0.4, -0.2) is 74.9 Å². The average Bonchev–Trinajstić information content (AvgIpc) is 2.92. The maximum atomic E-state index is 14.3. The first kappa shape index (κ1) is 36.1. The van der Waals surface area contributed by atoms with Crippen LogP contribution in [0, 0.1) is 0 Å². The molecule has 0 aliphatic rings. The lowest BCUT2D eigenvalue weighted by atomic mass is 9.98. The number of nitrogens with zero attached hydrogens (tertiary/aromatic N) is 1. The normalized spacial score (nSPS) is 14.4. The minimum atomic E-state index is -1.47. The van der Waals surface area contributed by atoms with Gasteiger partial charge in [-0.1, -0.05) is 55.5 Å². The summed E-state index contributed by atoms with van der Waals surface area (Å²) in [6.07, 6.45) is -0.440. The molecule has 242 valence electrons. The van der Waals surface area contributed by atoms with Gasteiger partial charge in [0.25, 0.3) is 0 Å². The summed E-state index contributed by atoms with van der Waals surface area (Å²) >= 11 is 0. The van der Waals surface area contributed by atoms with Gasteiger partial charge in [-0.3, -0.25) is 9.59 Å². The topological polar surface area (TPSA) is 154 Å². The van der Waals surface area contributed by atoms with Crippen molar-refractivity contribution in [3.63, 3.8) is 0 Å². The van der Waals surface area contributed by atoms with Crippen LogP contribution in [0.2, 0.25) is 0 Å². The monoisotopic (exact) mass is 613 g/mol. The quantitative estimate of drug-likeness (QED) is 0.262. The molecular formula is C33H47N3O8. The van der Waals surface area contributed by atoms with Gasteiger partial charge in [-0.2, -0.15) is 0 Å². The van der Waals surface area contributed by atoms with Crippen molar-refractivity contribution >= 4 is 23.9 Å². The minimum absolute atomic E-state index is 0.0928. The molecular weight excluding hydrogens is 566 g/mol. The Morgan fingerprint density at radius 2 is 1.41 bits per heavy atom. The van der Waals surface area contributed by atoms with Gasteiger partial charge >= 0.3 is 12.1 Å². The molecule has 4 N–H and O–H groups in total. The molecule has 0 saturated carbocycles. The zero-order chi connectivity index (χ0) is 33.2. The van der Waals surface area contributed by atoms with Crippen LogP contribution in [0.5, 0.6) is 5.75 Å². The van der Waals surface area contributed by atoms with Crippen molar-refractivity contribution in [2.75, 3.05) is 6.61 Å². The number of esters is 1. The third-order valence-electron chi connectivity index (χ3n) is 6.54. The van der Waals surface area contributed by atoms with E-state index in [1.54, 1.807) is 67.5 Å². The SMILES string of the molecule is CCC(C)N(C(=O)C(CO)NC(=O)OC(C)(C)C)C(C(=O)NC(Cc1ccccc1)C(=O)OC(C)(C)C)c1ccccc1O. The molecule has 0 bridgehead atoms. The number of para-hydroxylation sites is 1. The van der Waals surface area contributed by atoms with E-state index >= 15 is 0 Å². The number of aliphatic hydroxyl groups is 1.